The molecular formula is C10H10O3. The lowest BCUT2D eigenvalue weighted by Gasteiger charge is -1.98. The largest absolute Gasteiger partial charge is 0.496 e. The fourth-order valence-corrected chi connectivity index (χ4v) is 0.825. The molecule has 13 heavy (non-hydrogen) atoms. The van der Waals surface area contributed by atoms with Crippen LogP contribution in [0.3, 0.4) is 0 Å². The van der Waals surface area contributed by atoms with Gasteiger partial charge in [0.15, 0.2) is 0 Å². The first-order chi connectivity index (χ1) is 6.29. The summed E-state index contributed by atoms with van der Waals surface area (Å²) >= 11 is 0. The van der Waals surface area contributed by atoms with Crippen molar-refractivity contribution >= 4 is 5.97 Å². The summed E-state index contributed by atoms with van der Waals surface area (Å²) in [6.07, 6.45) is 2.14. The highest BCUT2D eigenvalue weighted by Crippen LogP contribution is 2.00. The maximum atomic E-state index is 10.0. The molecule has 1 aromatic rings. The van der Waals surface area contributed by atoms with Crippen LogP contribution in [0, 0.1) is 0 Å². The number of carbonyl (C=O) groups is 1. The van der Waals surface area contributed by atoms with Crippen LogP contribution in [-0.4, -0.2) is 11.1 Å². The Morgan fingerprint density at radius 1 is 1.38 bits per heavy atom. The van der Waals surface area contributed by atoms with Crippen LogP contribution in [0.2, 0.25) is 0 Å². The van der Waals surface area contributed by atoms with E-state index in [9.17, 15) is 4.79 Å². The molecule has 0 amide bonds. The average Bonchev–Trinajstić information content (AvgIpc) is 2.14. The normalized spacial score (nSPS) is 10.2. The average molecular weight is 178 g/mol. The summed E-state index contributed by atoms with van der Waals surface area (Å²) < 4.78 is 4.97. The summed E-state index contributed by atoms with van der Waals surface area (Å²) in [6.45, 7) is 0.393. The Morgan fingerprint density at radius 2 is 2.08 bits per heavy atom. The van der Waals surface area contributed by atoms with Gasteiger partial charge in [-0.25, -0.2) is 4.79 Å². The van der Waals surface area contributed by atoms with Crippen molar-refractivity contribution in [1.82, 2.24) is 0 Å². The van der Waals surface area contributed by atoms with Crippen molar-refractivity contribution < 1.29 is 14.6 Å². The lowest BCUT2D eigenvalue weighted by molar-refractivity contribution is -0.131. The zero-order valence-electron chi connectivity index (χ0n) is 7.01. The van der Waals surface area contributed by atoms with Gasteiger partial charge in [0.05, 0.1) is 12.3 Å². The molecule has 0 aliphatic carbocycles. The van der Waals surface area contributed by atoms with E-state index in [1.807, 2.05) is 30.3 Å². The predicted octanol–water partition coefficient (Wildman–Crippen LogP) is 1.80. The Labute approximate surface area is 76.3 Å². The molecule has 3 heteroatoms. The lowest BCUT2D eigenvalue weighted by atomic mass is 10.2. The molecule has 1 aromatic carbocycles. The van der Waals surface area contributed by atoms with E-state index in [4.69, 9.17) is 9.84 Å². The van der Waals surface area contributed by atoms with Gasteiger partial charge in [0, 0.05) is 0 Å². The van der Waals surface area contributed by atoms with Gasteiger partial charge in [-0.05, 0) is 5.56 Å². The zero-order valence-corrected chi connectivity index (χ0v) is 7.01. The van der Waals surface area contributed by atoms with E-state index in [2.05, 4.69) is 0 Å². The van der Waals surface area contributed by atoms with Crippen LogP contribution in [0.4, 0.5) is 0 Å². The number of rotatable bonds is 4. The van der Waals surface area contributed by atoms with Gasteiger partial charge in [-0.1, -0.05) is 30.3 Å². The molecule has 0 fully saturated rings. The van der Waals surface area contributed by atoms with Crippen molar-refractivity contribution in [3.8, 4) is 0 Å². The van der Waals surface area contributed by atoms with Gasteiger partial charge in [0.2, 0.25) is 0 Å². The Hall–Kier alpha value is -1.77. The van der Waals surface area contributed by atoms with Crippen LogP contribution in [0.1, 0.15) is 5.56 Å². The Balaban J connectivity index is 2.32. The van der Waals surface area contributed by atoms with Crippen LogP contribution >= 0.6 is 0 Å². The van der Waals surface area contributed by atoms with Crippen molar-refractivity contribution in [1.29, 1.82) is 0 Å². The molecule has 0 aromatic heterocycles. The number of carboxylic acids is 1. The van der Waals surface area contributed by atoms with Gasteiger partial charge >= 0.3 is 5.97 Å². The molecule has 0 bridgehead atoms. The highest BCUT2D eigenvalue weighted by atomic mass is 16.5. The van der Waals surface area contributed by atoms with E-state index in [1.165, 1.54) is 6.26 Å². The van der Waals surface area contributed by atoms with Crippen LogP contribution in [0.25, 0.3) is 0 Å². The Kier molecular flexibility index (Phi) is 3.57. The molecule has 0 spiro atoms. The van der Waals surface area contributed by atoms with E-state index in [-0.39, 0.29) is 0 Å². The van der Waals surface area contributed by atoms with Gasteiger partial charge in [-0.15, -0.1) is 0 Å². The second-order valence-corrected chi connectivity index (χ2v) is 2.44. The number of aliphatic carboxylic acids is 1. The summed E-state index contributed by atoms with van der Waals surface area (Å²) in [7, 11) is 0. The molecule has 0 unspecified atom stereocenters. The van der Waals surface area contributed by atoms with E-state index in [0.717, 1.165) is 11.6 Å². The molecule has 0 heterocycles. The van der Waals surface area contributed by atoms with Crippen molar-refractivity contribution in [2.75, 3.05) is 0 Å². The van der Waals surface area contributed by atoms with E-state index < -0.39 is 5.97 Å². The van der Waals surface area contributed by atoms with E-state index >= 15 is 0 Å². The summed E-state index contributed by atoms with van der Waals surface area (Å²) in [6, 6.07) is 9.54. The third kappa shape index (κ3) is 3.96. The van der Waals surface area contributed by atoms with Gasteiger partial charge < -0.3 is 9.84 Å². The Bertz CT molecular complexity index is 290. The maximum absolute atomic E-state index is 10.0. The summed E-state index contributed by atoms with van der Waals surface area (Å²) in [4.78, 5) is 10.0. The quantitative estimate of drug-likeness (QED) is 0.565. The fraction of sp³-hybridized carbons (Fsp3) is 0.100. The number of hydrogen-bond acceptors (Lipinski definition) is 2. The van der Waals surface area contributed by atoms with Gasteiger partial charge in [0.25, 0.3) is 0 Å². The number of hydrogen-bond donors (Lipinski definition) is 1. The molecule has 1 rings (SSSR count). The molecular weight excluding hydrogens is 168 g/mol. The second-order valence-electron chi connectivity index (χ2n) is 2.44. The van der Waals surface area contributed by atoms with Gasteiger partial charge in [-0.2, -0.15) is 0 Å². The van der Waals surface area contributed by atoms with Crippen LogP contribution in [-0.2, 0) is 16.1 Å². The standard InChI is InChI=1S/C10H10O3/c11-10(12)6-7-13-8-9-4-2-1-3-5-9/h1-7H,8H2,(H,11,12)/b7-6-. The maximum Gasteiger partial charge on any atom is 0.331 e. The zero-order chi connectivity index (χ0) is 9.52. The van der Waals surface area contributed by atoms with Crippen LogP contribution in [0.15, 0.2) is 42.7 Å². The van der Waals surface area contributed by atoms with Gasteiger partial charge in [-0.3, -0.25) is 0 Å². The molecule has 0 saturated heterocycles. The first-order valence-corrected chi connectivity index (χ1v) is 3.84. The number of ether oxygens (including phenoxy) is 1. The predicted molar refractivity (Wildman–Crippen MR) is 48.0 cm³/mol. The lowest BCUT2D eigenvalue weighted by Crippen LogP contribution is -1.89. The minimum Gasteiger partial charge on any atom is -0.496 e. The molecule has 0 saturated carbocycles. The first-order valence-electron chi connectivity index (χ1n) is 3.84. The van der Waals surface area contributed by atoms with E-state index in [1.54, 1.807) is 0 Å². The van der Waals surface area contributed by atoms with Crippen LogP contribution < -0.4 is 0 Å². The summed E-state index contributed by atoms with van der Waals surface area (Å²) in [5, 5.41) is 8.24. The second kappa shape index (κ2) is 4.98. The van der Waals surface area contributed by atoms with Crippen molar-refractivity contribution in [2.45, 2.75) is 6.61 Å². The molecule has 1 N–H and O–H groups in total. The monoisotopic (exact) mass is 178 g/mol. The van der Waals surface area contributed by atoms with Crippen molar-refractivity contribution in [2.24, 2.45) is 0 Å². The fourth-order valence-electron chi connectivity index (χ4n) is 0.825. The highest BCUT2D eigenvalue weighted by Gasteiger charge is 1.89. The smallest absolute Gasteiger partial charge is 0.331 e. The summed E-state index contributed by atoms with van der Waals surface area (Å²) in [5.74, 6) is -1.01. The topological polar surface area (TPSA) is 46.5 Å². The van der Waals surface area contributed by atoms with E-state index in [0.29, 0.717) is 6.61 Å². The molecule has 0 atom stereocenters. The SMILES string of the molecule is O=C(O)/C=C\OCc1ccccc1. The minimum absolute atomic E-state index is 0.393. The number of carboxylic acid groups (broad SMARTS) is 1. The molecule has 68 valence electrons. The van der Waals surface area contributed by atoms with Gasteiger partial charge in [0.1, 0.15) is 6.61 Å². The van der Waals surface area contributed by atoms with Crippen molar-refractivity contribution in [3.05, 3.63) is 48.2 Å². The molecule has 0 aliphatic heterocycles. The summed E-state index contributed by atoms with van der Waals surface area (Å²) in [5.41, 5.74) is 1.01. The number of benzene rings is 1. The Morgan fingerprint density at radius 3 is 2.69 bits per heavy atom. The minimum atomic E-state index is -1.01. The third-order valence-corrected chi connectivity index (χ3v) is 1.40. The van der Waals surface area contributed by atoms with Crippen LogP contribution in [0.5, 0.6) is 0 Å². The first kappa shape index (κ1) is 9.32. The molecule has 0 aliphatic rings. The van der Waals surface area contributed by atoms with Crippen molar-refractivity contribution in [3.63, 3.8) is 0 Å². The molecule has 3 nitrogen and oxygen atoms in total. The molecule has 0 radical (unpaired) electrons. The third-order valence-electron chi connectivity index (χ3n) is 1.40. The highest BCUT2D eigenvalue weighted by molar-refractivity contribution is 5.79.